The maximum Gasteiger partial charge on any atom is 0.333 e. The van der Waals surface area contributed by atoms with Gasteiger partial charge in [0.1, 0.15) is 10.6 Å². The summed E-state index contributed by atoms with van der Waals surface area (Å²) in [5.41, 5.74) is 13.1. The molecule has 0 aliphatic carbocycles. The molecule has 0 atom stereocenters. The monoisotopic (exact) mass is 471 g/mol. The van der Waals surface area contributed by atoms with Gasteiger partial charge in [0.05, 0.1) is 5.02 Å². The minimum absolute atomic E-state index is 0.106. The van der Waals surface area contributed by atoms with Gasteiger partial charge in [0.2, 0.25) is 11.9 Å². The van der Waals surface area contributed by atoms with Gasteiger partial charge in [-0.15, -0.1) is 3.89 Å². The molecule has 4 N–H and O–H groups in total. The fraction of sp³-hybridized carbons (Fsp3) is 0.263. The van der Waals surface area contributed by atoms with Crippen LogP contribution in [0.15, 0.2) is 51.3 Å². The molecule has 1 heterocycles. The highest BCUT2D eigenvalue weighted by molar-refractivity contribution is 7.86. The largest absolute Gasteiger partial charge is 0.369 e. The van der Waals surface area contributed by atoms with E-state index < -0.39 is 20.8 Å². The molecule has 1 aliphatic rings. The summed E-state index contributed by atoms with van der Waals surface area (Å²) < 4.78 is 35.8. The number of anilines is 1. The molecule has 3 rings (SSSR count). The topological polar surface area (TPSA) is 114 Å². The second kappa shape index (κ2) is 8.05. The molecule has 0 spiro atoms. The van der Waals surface area contributed by atoms with E-state index in [1.165, 1.54) is 12.1 Å². The van der Waals surface area contributed by atoms with Crippen LogP contribution in [0.4, 0.5) is 9.57 Å². The highest BCUT2D eigenvalue weighted by Gasteiger charge is 2.33. The van der Waals surface area contributed by atoms with Crippen molar-refractivity contribution >= 4 is 51.0 Å². The summed E-state index contributed by atoms with van der Waals surface area (Å²) >= 11 is 12.2. The van der Waals surface area contributed by atoms with Gasteiger partial charge in [0, 0.05) is 10.7 Å². The molecule has 2 aromatic rings. The Kier molecular flexibility index (Phi) is 5.99. The van der Waals surface area contributed by atoms with E-state index in [2.05, 4.69) is 9.98 Å². The Balaban J connectivity index is 1.82. The number of benzene rings is 2. The van der Waals surface area contributed by atoms with Crippen molar-refractivity contribution in [1.82, 2.24) is 0 Å². The van der Waals surface area contributed by atoms with Crippen molar-refractivity contribution in [2.24, 2.45) is 21.5 Å². The zero-order chi connectivity index (χ0) is 22.3. The number of aliphatic imine (C=N–C) groups is 2. The molecular formula is C19H20Cl2FN5O2S. The molecule has 0 saturated carbocycles. The number of aryl methyl sites for hydroxylation is 2. The lowest BCUT2D eigenvalue weighted by atomic mass is 10.0. The molecule has 11 heteroatoms. The number of nitrogens with zero attached hydrogens (tertiary/aromatic N) is 3. The predicted molar refractivity (Wildman–Crippen MR) is 118 cm³/mol. The van der Waals surface area contributed by atoms with E-state index in [0.717, 1.165) is 5.56 Å². The minimum Gasteiger partial charge on any atom is -0.369 e. The number of hydrogen-bond acceptors (Lipinski definition) is 7. The molecule has 0 bridgehead atoms. The van der Waals surface area contributed by atoms with E-state index in [9.17, 15) is 12.3 Å². The summed E-state index contributed by atoms with van der Waals surface area (Å²) in [6, 6.07) is 9.66. The molecule has 30 heavy (non-hydrogen) atoms. The van der Waals surface area contributed by atoms with Crippen molar-refractivity contribution < 1.29 is 12.3 Å². The average Bonchev–Trinajstić information content (AvgIpc) is 2.59. The van der Waals surface area contributed by atoms with Crippen LogP contribution >= 0.6 is 23.2 Å². The van der Waals surface area contributed by atoms with Crippen LogP contribution in [-0.4, -0.2) is 26.0 Å². The van der Waals surface area contributed by atoms with Gasteiger partial charge in [-0.2, -0.15) is 13.4 Å². The SMILES string of the molecule is CC1(C)N=C(N)N=C(N)N1c1ccc(CCc2ccc(Cl)c(S(=O)(=O)F)c2)c(Cl)c1. The number of nitrogens with two attached hydrogens (primary N) is 2. The van der Waals surface area contributed by atoms with Gasteiger partial charge in [0.25, 0.3) is 0 Å². The predicted octanol–water partition coefficient (Wildman–Crippen LogP) is 3.62. The van der Waals surface area contributed by atoms with Gasteiger partial charge >= 0.3 is 10.2 Å². The third kappa shape index (κ3) is 4.69. The second-order valence-corrected chi connectivity index (χ2v) is 9.38. The van der Waals surface area contributed by atoms with Gasteiger partial charge in [-0.1, -0.05) is 35.3 Å². The van der Waals surface area contributed by atoms with Gasteiger partial charge < -0.3 is 11.5 Å². The van der Waals surface area contributed by atoms with Crippen LogP contribution in [0.25, 0.3) is 0 Å². The van der Waals surface area contributed by atoms with Gasteiger partial charge in [-0.25, -0.2) is 4.99 Å². The van der Waals surface area contributed by atoms with Gasteiger partial charge in [0.15, 0.2) is 0 Å². The molecule has 1 aliphatic heterocycles. The first-order valence-corrected chi connectivity index (χ1v) is 11.0. The lowest BCUT2D eigenvalue weighted by Crippen LogP contribution is -2.54. The first-order valence-electron chi connectivity index (χ1n) is 8.90. The van der Waals surface area contributed by atoms with Crippen LogP contribution in [0.5, 0.6) is 0 Å². The number of rotatable bonds is 5. The van der Waals surface area contributed by atoms with Crippen molar-refractivity contribution in [3.8, 4) is 0 Å². The Morgan fingerprint density at radius 2 is 1.77 bits per heavy atom. The summed E-state index contributed by atoms with van der Waals surface area (Å²) in [6.07, 6.45) is 0.947. The Bertz CT molecular complexity index is 1170. The normalized spacial score (nSPS) is 16.2. The third-order valence-electron chi connectivity index (χ3n) is 4.63. The fourth-order valence-electron chi connectivity index (χ4n) is 3.30. The Labute approximate surface area is 184 Å². The Morgan fingerprint density at radius 1 is 1.07 bits per heavy atom. The fourth-order valence-corrected chi connectivity index (χ4v) is 4.55. The van der Waals surface area contributed by atoms with Crippen molar-refractivity contribution in [2.45, 2.75) is 37.2 Å². The second-order valence-electron chi connectivity index (χ2n) is 7.25. The smallest absolute Gasteiger partial charge is 0.333 e. The molecule has 0 aromatic heterocycles. The summed E-state index contributed by atoms with van der Waals surface area (Å²) in [4.78, 5) is 9.50. The Morgan fingerprint density at radius 3 is 2.37 bits per heavy atom. The number of halogens is 3. The zero-order valence-corrected chi connectivity index (χ0v) is 18.6. The molecule has 0 amide bonds. The van der Waals surface area contributed by atoms with E-state index in [1.807, 2.05) is 26.0 Å². The zero-order valence-electron chi connectivity index (χ0n) is 16.2. The highest BCUT2D eigenvalue weighted by Crippen LogP contribution is 2.31. The summed E-state index contributed by atoms with van der Waals surface area (Å²) in [5, 5.41) is 0.334. The van der Waals surface area contributed by atoms with Crippen molar-refractivity contribution in [3.63, 3.8) is 0 Å². The Hall–Kier alpha value is -2.36. The van der Waals surface area contributed by atoms with Crippen LogP contribution in [0.2, 0.25) is 10.0 Å². The van der Waals surface area contributed by atoms with Crippen molar-refractivity contribution in [3.05, 3.63) is 57.6 Å². The highest BCUT2D eigenvalue weighted by atomic mass is 35.5. The van der Waals surface area contributed by atoms with E-state index in [1.54, 1.807) is 17.0 Å². The van der Waals surface area contributed by atoms with Crippen LogP contribution in [0, 0.1) is 0 Å². The molecule has 160 valence electrons. The summed E-state index contributed by atoms with van der Waals surface area (Å²) in [5.74, 6) is 0.312. The van der Waals surface area contributed by atoms with E-state index >= 15 is 0 Å². The van der Waals surface area contributed by atoms with Gasteiger partial charge in [-0.3, -0.25) is 4.90 Å². The molecule has 2 aromatic carbocycles. The molecule has 7 nitrogen and oxygen atoms in total. The van der Waals surface area contributed by atoms with E-state index in [4.69, 9.17) is 34.7 Å². The molecule has 0 radical (unpaired) electrons. The van der Waals surface area contributed by atoms with Crippen LogP contribution in [-0.2, 0) is 23.1 Å². The molecule has 0 unspecified atom stereocenters. The van der Waals surface area contributed by atoms with Crippen LogP contribution < -0.4 is 16.4 Å². The lowest BCUT2D eigenvalue weighted by molar-refractivity contribution is 0.534. The minimum atomic E-state index is -4.89. The summed E-state index contributed by atoms with van der Waals surface area (Å²) in [6.45, 7) is 3.69. The average molecular weight is 472 g/mol. The molecule has 0 fully saturated rings. The van der Waals surface area contributed by atoms with Crippen LogP contribution in [0.1, 0.15) is 25.0 Å². The number of hydrogen-bond donors (Lipinski definition) is 2. The lowest BCUT2D eigenvalue weighted by Gasteiger charge is -2.38. The molecular weight excluding hydrogens is 452 g/mol. The maximum absolute atomic E-state index is 13.4. The first-order chi connectivity index (χ1) is 13.9. The number of guanidine groups is 2. The van der Waals surface area contributed by atoms with E-state index in [-0.39, 0.29) is 16.9 Å². The van der Waals surface area contributed by atoms with Gasteiger partial charge in [-0.05, 0) is 62.1 Å². The quantitative estimate of drug-likeness (QED) is 0.646. The third-order valence-corrected chi connectivity index (χ3v) is 6.29. The van der Waals surface area contributed by atoms with E-state index in [0.29, 0.717) is 29.1 Å². The van der Waals surface area contributed by atoms with Crippen LogP contribution in [0.3, 0.4) is 0 Å². The molecule has 0 saturated heterocycles. The van der Waals surface area contributed by atoms with Crippen molar-refractivity contribution in [1.29, 1.82) is 0 Å². The maximum atomic E-state index is 13.4. The summed E-state index contributed by atoms with van der Waals surface area (Å²) in [7, 11) is -4.89. The standard InChI is InChI=1S/C19H20Cl2FN5O2S/c1-19(2)26-17(23)25-18(24)27(19)13-7-6-12(15(21)10-13)5-3-11-4-8-14(20)16(9-11)30(22,28)29/h4,6-10H,3,5H2,1-2H3,(H4,23,24,25,26). The first kappa shape index (κ1) is 22.3. The van der Waals surface area contributed by atoms with Crippen molar-refractivity contribution in [2.75, 3.05) is 4.90 Å².